The number of rotatable bonds is 3. The van der Waals surface area contributed by atoms with Crippen molar-refractivity contribution in [3.63, 3.8) is 0 Å². The second-order valence-corrected chi connectivity index (χ2v) is 4.91. The number of aromatic nitrogens is 1. The summed E-state index contributed by atoms with van der Waals surface area (Å²) in [5.74, 6) is 0.679. The average Bonchev–Trinajstić information content (AvgIpc) is 2.66. The van der Waals surface area contributed by atoms with Crippen LogP contribution in [0.4, 0.5) is 0 Å². The summed E-state index contributed by atoms with van der Waals surface area (Å²) in [6.45, 7) is 6.00. The molecule has 4 nitrogen and oxygen atoms in total. The SMILES string of the molecule is CNC(C)(C)C(N)c1ccc2nc(C)oc2c1. The largest absolute Gasteiger partial charge is 0.441 e. The van der Waals surface area contributed by atoms with Crippen LogP contribution < -0.4 is 11.1 Å². The highest BCUT2D eigenvalue weighted by atomic mass is 16.3. The number of oxazole rings is 1. The molecule has 17 heavy (non-hydrogen) atoms. The Balaban J connectivity index is 2.42. The van der Waals surface area contributed by atoms with E-state index in [0.717, 1.165) is 16.7 Å². The number of fused-ring (bicyclic) bond motifs is 1. The van der Waals surface area contributed by atoms with Crippen LogP contribution in [0.5, 0.6) is 0 Å². The zero-order valence-electron chi connectivity index (χ0n) is 10.7. The first-order valence-corrected chi connectivity index (χ1v) is 5.75. The summed E-state index contributed by atoms with van der Waals surface area (Å²) in [6.07, 6.45) is 0. The molecule has 3 N–H and O–H groups in total. The van der Waals surface area contributed by atoms with E-state index in [-0.39, 0.29) is 11.6 Å². The summed E-state index contributed by atoms with van der Waals surface area (Å²) < 4.78 is 5.52. The molecule has 1 aromatic heterocycles. The second kappa shape index (κ2) is 4.13. The second-order valence-electron chi connectivity index (χ2n) is 4.91. The third-order valence-corrected chi connectivity index (χ3v) is 3.30. The van der Waals surface area contributed by atoms with E-state index in [9.17, 15) is 0 Å². The average molecular weight is 233 g/mol. The molecule has 2 aromatic rings. The van der Waals surface area contributed by atoms with E-state index in [1.807, 2.05) is 32.2 Å². The van der Waals surface area contributed by atoms with E-state index in [0.29, 0.717) is 5.89 Å². The van der Waals surface area contributed by atoms with Crippen LogP contribution in [0.2, 0.25) is 0 Å². The standard InChI is InChI=1S/C13H19N3O/c1-8-16-10-6-5-9(7-11(10)17-8)12(14)13(2,3)15-4/h5-7,12,15H,14H2,1-4H3. The van der Waals surface area contributed by atoms with Gasteiger partial charge in [-0.05, 0) is 38.6 Å². The van der Waals surface area contributed by atoms with Crippen molar-refractivity contribution in [3.05, 3.63) is 29.7 Å². The van der Waals surface area contributed by atoms with Crippen molar-refractivity contribution >= 4 is 11.1 Å². The highest BCUT2D eigenvalue weighted by Gasteiger charge is 2.26. The molecule has 2 rings (SSSR count). The smallest absolute Gasteiger partial charge is 0.192 e. The van der Waals surface area contributed by atoms with Gasteiger partial charge in [0.2, 0.25) is 0 Å². The van der Waals surface area contributed by atoms with Gasteiger partial charge in [-0.2, -0.15) is 0 Å². The molecule has 0 spiro atoms. The van der Waals surface area contributed by atoms with Gasteiger partial charge in [0.05, 0.1) is 0 Å². The lowest BCUT2D eigenvalue weighted by atomic mass is 9.89. The molecule has 0 amide bonds. The lowest BCUT2D eigenvalue weighted by Gasteiger charge is -2.31. The van der Waals surface area contributed by atoms with Gasteiger partial charge in [-0.25, -0.2) is 4.98 Å². The Bertz CT molecular complexity index is 530. The maximum atomic E-state index is 6.26. The lowest BCUT2D eigenvalue weighted by Crippen LogP contribution is -2.46. The minimum atomic E-state index is -0.164. The van der Waals surface area contributed by atoms with Crippen LogP contribution >= 0.6 is 0 Å². The molecule has 92 valence electrons. The Hall–Kier alpha value is -1.39. The van der Waals surface area contributed by atoms with Gasteiger partial charge in [0, 0.05) is 18.5 Å². The summed E-state index contributed by atoms with van der Waals surface area (Å²) in [5, 5.41) is 3.22. The van der Waals surface area contributed by atoms with E-state index in [4.69, 9.17) is 10.2 Å². The lowest BCUT2D eigenvalue weighted by molar-refractivity contribution is 0.348. The summed E-state index contributed by atoms with van der Waals surface area (Å²) in [7, 11) is 1.91. The Kier molecular flexibility index (Phi) is 2.93. The monoisotopic (exact) mass is 233 g/mol. The number of nitrogens with two attached hydrogens (primary N) is 1. The van der Waals surface area contributed by atoms with Gasteiger partial charge >= 0.3 is 0 Å². The van der Waals surface area contributed by atoms with Crippen LogP contribution in [0, 0.1) is 6.92 Å². The van der Waals surface area contributed by atoms with Gasteiger partial charge in [-0.1, -0.05) is 6.07 Å². The molecule has 1 heterocycles. The van der Waals surface area contributed by atoms with Crippen molar-refractivity contribution < 1.29 is 4.42 Å². The van der Waals surface area contributed by atoms with Gasteiger partial charge in [-0.3, -0.25) is 0 Å². The Morgan fingerprint density at radius 3 is 2.76 bits per heavy atom. The number of benzene rings is 1. The maximum absolute atomic E-state index is 6.26. The molecule has 0 fully saturated rings. The fraction of sp³-hybridized carbons (Fsp3) is 0.462. The van der Waals surface area contributed by atoms with Crippen molar-refractivity contribution in [3.8, 4) is 0 Å². The van der Waals surface area contributed by atoms with Crippen molar-refractivity contribution in [1.29, 1.82) is 0 Å². The molecule has 4 heteroatoms. The van der Waals surface area contributed by atoms with E-state index in [1.165, 1.54) is 0 Å². The molecule has 0 saturated carbocycles. The third kappa shape index (κ3) is 2.18. The van der Waals surface area contributed by atoms with Crippen LogP contribution in [0.15, 0.2) is 22.6 Å². The predicted octanol–water partition coefficient (Wildman–Crippen LogP) is 2.13. The summed E-state index contributed by atoms with van der Waals surface area (Å²) in [4.78, 5) is 4.27. The third-order valence-electron chi connectivity index (χ3n) is 3.30. The molecule has 0 bridgehead atoms. The molecular weight excluding hydrogens is 214 g/mol. The highest BCUT2D eigenvalue weighted by molar-refractivity contribution is 5.73. The number of nitrogens with one attached hydrogen (secondary N) is 1. The van der Waals surface area contributed by atoms with Crippen LogP contribution in [-0.4, -0.2) is 17.6 Å². The molecular formula is C13H19N3O. The normalized spacial score (nSPS) is 14.2. The number of likely N-dealkylation sites (N-methyl/N-ethyl adjacent to an activating group) is 1. The highest BCUT2D eigenvalue weighted by Crippen LogP contribution is 2.26. The summed E-state index contributed by atoms with van der Waals surface area (Å²) in [5.41, 5.74) is 8.81. The zero-order valence-corrected chi connectivity index (χ0v) is 10.7. The number of aryl methyl sites for hydroxylation is 1. The molecule has 0 aliphatic heterocycles. The summed E-state index contributed by atoms with van der Waals surface area (Å²) >= 11 is 0. The molecule has 1 unspecified atom stereocenters. The topological polar surface area (TPSA) is 64.1 Å². The number of hydrogen-bond donors (Lipinski definition) is 2. The van der Waals surface area contributed by atoms with Gasteiger partial charge in [0.15, 0.2) is 11.5 Å². The van der Waals surface area contributed by atoms with Crippen LogP contribution in [0.3, 0.4) is 0 Å². The Morgan fingerprint density at radius 1 is 1.41 bits per heavy atom. The summed E-state index contributed by atoms with van der Waals surface area (Å²) in [6, 6.07) is 5.84. The van der Waals surface area contributed by atoms with E-state index in [2.05, 4.69) is 24.1 Å². The first-order valence-electron chi connectivity index (χ1n) is 5.75. The molecule has 1 aromatic carbocycles. The molecule has 0 radical (unpaired) electrons. The first kappa shape index (κ1) is 12.1. The molecule has 0 aliphatic rings. The zero-order chi connectivity index (χ0) is 12.6. The minimum absolute atomic E-state index is 0.0951. The quantitative estimate of drug-likeness (QED) is 0.852. The van der Waals surface area contributed by atoms with Crippen molar-refractivity contribution in [2.24, 2.45) is 5.73 Å². The number of nitrogens with zero attached hydrogens (tertiary/aromatic N) is 1. The maximum Gasteiger partial charge on any atom is 0.192 e. The molecule has 1 atom stereocenters. The van der Waals surface area contributed by atoms with Crippen LogP contribution in [0.25, 0.3) is 11.1 Å². The Labute approximate surface area is 101 Å². The Morgan fingerprint density at radius 2 is 2.12 bits per heavy atom. The minimum Gasteiger partial charge on any atom is -0.441 e. The van der Waals surface area contributed by atoms with Crippen molar-refractivity contribution in [1.82, 2.24) is 10.3 Å². The van der Waals surface area contributed by atoms with Gasteiger partial charge in [-0.15, -0.1) is 0 Å². The van der Waals surface area contributed by atoms with Gasteiger partial charge in [0.25, 0.3) is 0 Å². The predicted molar refractivity (Wildman–Crippen MR) is 68.8 cm³/mol. The van der Waals surface area contributed by atoms with Gasteiger partial charge in [0.1, 0.15) is 5.52 Å². The van der Waals surface area contributed by atoms with Crippen LogP contribution in [0.1, 0.15) is 31.3 Å². The molecule has 0 saturated heterocycles. The number of hydrogen-bond acceptors (Lipinski definition) is 4. The fourth-order valence-electron chi connectivity index (χ4n) is 1.82. The van der Waals surface area contributed by atoms with Crippen LogP contribution in [-0.2, 0) is 0 Å². The van der Waals surface area contributed by atoms with Crippen molar-refractivity contribution in [2.45, 2.75) is 32.4 Å². The van der Waals surface area contributed by atoms with E-state index in [1.54, 1.807) is 0 Å². The molecule has 0 aliphatic carbocycles. The fourth-order valence-corrected chi connectivity index (χ4v) is 1.82. The van der Waals surface area contributed by atoms with Crippen molar-refractivity contribution in [2.75, 3.05) is 7.05 Å². The van der Waals surface area contributed by atoms with E-state index < -0.39 is 0 Å². The first-order chi connectivity index (χ1) is 7.94. The van der Waals surface area contributed by atoms with E-state index >= 15 is 0 Å². The van der Waals surface area contributed by atoms with Gasteiger partial charge < -0.3 is 15.5 Å².